The van der Waals surface area contributed by atoms with Crippen molar-refractivity contribution in [2.45, 2.75) is 30.3 Å². The SMILES string of the molecule is CC(Sc1nnc(-c2ccco2)n1C)C(=O)NC(C)c1ccccc1. The minimum Gasteiger partial charge on any atom is -0.461 e. The van der Waals surface area contributed by atoms with Gasteiger partial charge in [0, 0.05) is 7.05 Å². The summed E-state index contributed by atoms with van der Waals surface area (Å²) in [5.41, 5.74) is 1.08. The Morgan fingerprint density at radius 2 is 1.92 bits per heavy atom. The fourth-order valence-corrected chi connectivity index (χ4v) is 3.23. The van der Waals surface area contributed by atoms with E-state index in [1.165, 1.54) is 11.8 Å². The number of aromatic nitrogens is 3. The summed E-state index contributed by atoms with van der Waals surface area (Å²) in [6, 6.07) is 13.5. The third kappa shape index (κ3) is 3.93. The number of nitrogens with zero attached hydrogens (tertiary/aromatic N) is 3. The minimum atomic E-state index is -0.293. The molecule has 1 amide bonds. The molecule has 2 atom stereocenters. The molecule has 25 heavy (non-hydrogen) atoms. The van der Waals surface area contributed by atoms with Crippen LogP contribution in [0.25, 0.3) is 11.6 Å². The molecule has 6 nitrogen and oxygen atoms in total. The molecule has 7 heteroatoms. The van der Waals surface area contributed by atoms with Gasteiger partial charge in [-0.2, -0.15) is 0 Å². The number of rotatable bonds is 6. The number of thioether (sulfide) groups is 1. The van der Waals surface area contributed by atoms with Gasteiger partial charge in [-0.05, 0) is 31.5 Å². The number of carbonyl (C=O) groups excluding carboxylic acids is 1. The van der Waals surface area contributed by atoms with Gasteiger partial charge in [0.25, 0.3) is 0 Å². The van der Waals surface area contributed by atoms with E-state index in [0.29, 0.717) is 16.7 Å². The molecule has 0 spiro atoms. The minimum absolute atomic E-state index is 0.0381. The average molecular weight is 356 g/mol. The first-order chi connectivity index (χ1) is 12.1. The molecule has 1 N–H and O–H groups in total. The van der Waals surface area contributed by atoms with Gasteiger partial charge < -0.3 is 14.3 Å². The van der Waals surface area contributed by atoms with Gasteiger partial charge in [-0.15, -0.1) is 10.2 Å². The van der Waals surface area contributed by atoms with Crippen LogP contribution in [0.1, 0.15) is 25.5 Å². The molecule has 0 saturated carbocycles. The van der Waals surface area contributed by atoms with Crippen molar-refractivity contribution in [1.82, 2.24) is 20.1 Å². The van der Waals surface area contributed by atoms with Crippen LogP contribution in [0.3, 0.4) is 0 Å². The Morgan fingerprint density at radius 1 is 1.16 bits per heavy atom. The summed E-state index contributed by atoms with van der Waals surface area (Å²) in [6.45, 7) is 3.83. The summed E-state index contributed by atoms with van der Waals surface area (Å²) < 4.78 is 7.18. The van der Waals surface area contributed by atoms with E-state index in [0.717, 1.165) is 5.56 Å². The second-order valence-electron chi connectivity index (χ2n) is 5.74. The zero-order chi connectivity index (χ0) is 17.8. The number of hydrogen-bond donors (Lipinski definition) is 1. The predicted octanol–water partition coefficient (Wildman–Crippen LogP) is 3.43. The fraction of sp³-hybridized carbons (Fsp3) is 0.278. The molecular formula is C18H20N4O2S. The summed E-state index contributed by atoms with van der Waals surface area (Å²) in [7, 11) is 1.86. The summed E-state index contributed by atoms with van der Waals surface area (Å²) in [4.78, 5) is 12.5. The standard InChI is InChI=1S/C18H20N4O2S/c1-12(14-8-5-4-6-9-14)19-17(23)13(2)25-18-21-20-16(22(18)3)15-10-7-11-24-15/h4-13H,1-3H3,(H,19,23). The lowest BCUT2D eigenvalue weighted by molar-refractivity contribution is -0.120. The number of carbonyl (C=O) groups is 1. The van der Waals surface area contributed by atoms with Gasteiger partial charge in [0.15, 0.2) is 16.7 Å². The van der Waals surface area contributed by atoms with Crippen LogP contribution >= 0.6 is 11.8 Å². The molecule has 0 bridgehead atoms. The number of benzene rings is 1. The first-order valence-corrected chi connectivity index (χ1v) is 8.89. The number of furan rings is 1. The smallest absolute Gasteiger partial charge is 0.233 e. The van der Waals surface area contributed by atoms with Crippen molar-refractivity contribution in [1.29, 1.82) is 0 Å². The Morgan fingerprint density at radius 3 is 2.60 bits per heavy atom. The molecular weight excluding hydrogens is 336 g/mol. The van der Waals surface area contributed by atoms with Crippen molar-refractivity contribution in [2.24, 2.45) is 7.05 Å². The molecule has 3 rings (SSSR count). The Kier molecular flexibility index (Phi) is 5.23. The van der Waals surface area contributed by atoms with Crippen LogP contribution in [0.5, 0.6) is 0 Å². The first kappa shape index (κ1) is 17.3. The maximum absolute atomic E-state index is 12.5. The third-order valence-corrected chi connectivity index (χ3v) is 5.02. The van der Waals surface area contributed by atoms with Crippen LogP contribution in [0.2, 0.25) is 0 Å². The van der Waals surface area contributed by atoms with Gasteiger partial charge >= 0.3 is 0 Å². The van der Waals surface area contributed by atoms with Gasteiger partial charge in [-0.3, -0.25) is 4.79 Å². The summed E-state index contributed by atoms with van der Waals surface area (Å²) >= 11 is 1.37. The van der Waals surface area contributed by atoms with Gasteiger partial charge in [0.05, 0.1) is 17.6 Å². The van der Waals surface area contributed by atoms with E-state index in [9.17, 15) is 4.79 Å². The van der Waals surface area contributed by atoms with Crippen LogP contribution in [-0.4, -0.2) is 25.9 Å². The van der Waals surface area contributed by atoms with Gasteiger partial charge in [-0.25, -0.2) is 0 Å². The summed E-state index contributed by atoms with van der Waals surface area (Å²) in [6.07, 6.45) is 1.60. The Balaban J connectivity index is 1.64. The summed E-state index contributed by atoms with van der Waals surface area (Å²) in [5, 5.41) is 11.7. The van der Waals surface area contributed by atoms with Crippen molar-refractivity contribution in [3.8, 4) is 11.6 Å². The molecule has 1 aromatic carbocycles. The van der Waals surface area contributed by atoms with Crippen molar-refractivity contribution >= 4 is 17.7 Å². The lowest BCUT2D eigenvalue weighted by Crippen LogP contribution is -2.33. The van der Waals surface area contributed by atoms with E-state index in [2.05, 4.69) is 15.5 Å². The molecule has 2 heterocycles. The lowest BCUT2D eigenvalue weighted by Gasteiger charge is -2.17. The van der Waals surface area contributed by atoms with Crippen LogP contribution < -0.4 is 5.32 Å². The molecule has 0 fully saturated rings. The van der Waals surface area contributed by atoms with Crippen LogP contribution in [0.4, 0.5) is 0 Å². The molecule has 0 aliphatic rings. The van der Waals surface area contributed by atoms with Crippen LogP contribution in [0.15, 0.2) is 58.3 Å². The largest absolute Gasteiger partial charge is 0.461 e. The van der Waals surface area contributed by atoms with Crippen LogP contribution in [0, 0.1) is 0 Å². The van der Waals surface area contributed by atoms with Crippen molar-refractivity contribution in [2.75, 3.05) is 0 Å². The maximum Gasteiger partial charge on any atom is 0.233 e. The molecule has 0 saturated heterocycles. The highest BCUT2D eigenvalue weighted by molar-refractivity contribution is 8.00. The van der Waals surface area contributed by atoms with Crippen molar-refractivity contribution < 1.29 is 9.21 Å². The molecule has 2 aromatic heterocycles. The molecule has 2 unspecified atom stereocenters. The second kappa shape index (κ2) is 7.57. The topological polar surface area (TPSA) is 73.0 Å². The van der Waals surface area contributed by atoms with E-state index in [1.54, 1.807) is 12.3 Å². The second-order valence-corrected chi connectivity index (χ2v) is 7.05. The van der Waals surface area contributed by atoms with Gasteiger partial charge in [0.2, 0.25) is 5.91 Å². The van der Waals surface area contributed by atoms with Crippen molar-refractivity contribution in [3.05, 3.63) is 54.3 Å². The van der Waals surface area contributed by atoms with E-state index in [1.807, 2.05) is 61.9 Å². The molecule has 130 valence electrons. The molecule has 0 aliphatic heterocycles. The highest BCUT2D eigenvalue weighted by Gasteiger charge is 2.21. The average Bonchev–Trinajstić information content (AvgIpc) is 3.26. The normalized spacial score (nSPS) is 13.4. The van der Waals surface area contributed by atoms with E-state index < -0.39 is 0 Å². The molecule has 0 radical (unpaired) electrons. The lowest BCUT2D eigenvalue weighted by atomic mass is 10.1. The van der Waals surface area contributed by atoms with E-state index >= 15 is 0 Å². The van der Waals surface area contributed by atoms with Gasteiger partial charge in [-0.1, -0.05) is 42.1 Å². The Bertz CT molecular complexity index is 830. The zero-order valence-corrected chi connectivity index (χ0v) is 15.2. The van der Waals surface area contributed by atoms with Crippen molar-refractivity contribution in [3.63, 3.8) is 0 Å². The maximum atomic E-state index is 12.5. The molecule has 3 aromatic rings. The number of hydrogen-bond acceptors (Lipinski definition) is 5. The summed E-state index contributed by atoms with van der Waals surface area (Å²) in [5.74, 6) is 1.25. The monoisotopic (exact) mass is 356 g/mol. The van der Waals surface area contributed by atoms with E-state index in [4.69, 9.17) is 4.42 Å². The Hall–Kier alpha value is -2.54. The first-order valence-electron chi connectivity index (χ1n) is 8.01. The van der Waals surface area contributed by atoms with Gasteiger partial charge in [0.1, 0.15) is 0 Å². The number of amides is 1. The fourth-order valence-electron chi connectivity index (χ4n) is 2.41. The predicted molar refractivity (Wildman–Crippen MR) is 97.0 cm³/mol. The highest BCUT2D eigenvalue weighted by atomic mass is 32.2. The Labute approximate surface area is 150 Å². The van der Waals surface area contributed by atoms with E-state index in [-0.39, 0.29) is 17.2 Å². The van der Waals surface area contributed by atoms with Crippen LogP contribution in [-0.2, 0) is 11.8 Å². The number of nitrogens with one attached hydrogen (secondary N) is 1. The molecule has 0 aliphatic carbocycles. The zero-order valence-electron chi connectivity index (χ0n) is 14.3. The highest BCUT2D eigenvalue weighted by Crippen LogP contribution is 2.26. The third-order valence-electron chi connectivity index (χ3n) is 3.89. The quantitative estimate of drug-likeness (QED) is 0.685.